The van der Waals surface area contributed by atoms with Crippen molar-refractivity contribution < 1.29 is 4.79 Å². The molecule has 0 radical (unpaired) electrons. The van der Waals surface area contributed by atoms with Gasteiger partial charge in [0.1, 0.15) is 6.17 Å². The smallest absolute Gasteiger partial charge is 0.254 e. The summed E-state index contributed by atoms with van der Waals surface area (Å²) in [6.07, 6.45) is 0.571. The van der Waals surface area contributed by atoms with E-state index in [0.29, 0.717) is 5.02 Å². The molecule has 0 saturated carbocycles. The van der Waals surface area contributed by atoms with Crippen LogP contribution in [0, 0.1) is 0 Å². The summed E-state index contributed by atoms with van der Waals surface area (Å²) in [4.78, 5) is 12.6. The lowest BCUT2D eigenvalue weighted by molar-refractivity contribution is 0.0934. The number of benzene rings is 2. The molecule has 1 amide bonds. The minimum atomic E-state index is -1.86. The van der Waals surface area contributed by atoms with E-state index >= 15 is 0 Å². The van der Waals surface area contributed by atoms with Crippen molar-refractivity contribution in [2.24, 2.45) is 0 Å². The summed E-state index contributed by atoms with van der Waals surface area (Å²) in [5.41, 5.74) is 3.40. The Morgan fingerprint density at radius 1 is 1.00 bits per heavy atom. The Morgan fingerprint density at radius 3 is 2.10 bits per heavy atom. The first-order valence-electron chi connectivity index (χ1n) is 8.97. The van der Waals surface area contributed by atoms with Gasteiger partial charge in [-0.3, -0.25) is 4.79 Å². The standard InChI is InChI=1S/C20H21Cl4N3OS/c1-3-12-8-7-9-13(4-2)16(12)25-19(29)27-18(20(22,23)24)26-17(28)14-10-5-6-11-15(14)21/h5-11,18H,3-4H2,1-2H3,(H,26,28)(H2,25,27,29). The molecule has 0 saturated heterocycles. The van der Waals surface area contributed by atoms with Gasteiger partial charge in [0.2, 0.25) is 3.79 Å². The van der Waals surface area contributed by atoms with E-state index in [2.05, 4.69) is 29.8 Å². The zero-order valence-corrected chi connectivity index (χ0v) is 19.7. The van der Waals surface area contributed by atoms with Gasteiger partial charge in [-0.25, -0.2) is 0 Å². The topological polar surface area (TPSA) is 53.2 Å². The van der Waals surface area contributed by atoms with E-state index < -0.39 is 15.9 Å². The molecular weight excluding hydrogens is 472 g/mol. The van der Waals surface area contributed by atoms with Crippen molar-refractivity contribution in [1.82, 2.24) is 10.6 Å². The van der Waals surface area contributed by atoms with E-state index in [-0.39, 0.29) is 10.7 Å². The maximum Gasteiger partial charge on any atom is 0.254 e. The van der Waals surface area contributed by atoms with Crippen molar-refractivity contribution in [3.05, 3.63) is 64.2 Å². The van der Waals surface area contributed by atoms with Gasteiger partial charge in [0.15, 0.2) is 5.11 Å². The molecule has 0 aromatic heterocycles. The number of nitrogens with one attached hydrogen (secondary N) is 3. The highest BCUT2D eigenvalue weighted by Gasteiger charge is 2.35. The van der Waals surface area contributed by atoms with Crippen molar-refractivity contribution in [3.63, 3.8) is 0 Å². The average molecular weight is 493 g/mol. The predicted molar refractivity (Wildman–Crippen MR) is 128 cm³/mol. The second kappa shape index (κ2) is 10.7. The molecule has 0 heterocycles. The van der Waals surface area contributed by atoms with Crippen LogP contribution < -0.4 is 16.0 Å². The summed E-state index contributed by atoms with van der Waals surface area (Å²) in [7, 11) is 0. The minimum absolute atomic E-state index is 0.219. The Labute approximate surface area is 196 Å². The van der Waals surface area contributed by atoms with Crippen LogP contribution in [0.5, 0.6) is 0 Å². The molecule has 0 aliphatic carbocycles. The fourth-order valence-electron chi connectivity index (χ4n) is 2.74. The number of anilines is 1. The molecule has 9 heteroatoms. The van der Waals surface area contributed by atoms with E-state index in [9.17, 15) is 4.79 Å². The van der Waals surface area contributed by atoms with Gasteiger partial charge < -0.3 is 16.0 Å². The number of halogens is 4. The summed E-state index contributed by atoms with van der Waals surface area (Å²) in [5, 5.41) is 9.19. The van der Waals surface area contributed by atoms with Crippen molar-refractivity contribution >= 4 is 75.3 Å². The molecule has 4 nitrogen and oxygen atoms in total. The first kappa shape index (κ1) is 24.0. The Morgan fingerprint density at radius 2 is 1.59 bits per heavy atom. The second-order valence-corrected chi connectivity index (χ2v) is 9.37. The number of carbonyl (C=O) groups is 1. The zero-order chi connectivity index (χ0) is 21.6. The van der Waals surface area contributed by atoms with E-state index in [1.54, 1.807) is 24.3 Å². The molecule has 2 aromatic carbocycles. The highest BCUT2D eigenvalue weighted by molar-refractivity contribution is 7.80. The highest BCUT2D eigenvalue weighted by Crippen LogP contribution is 2.30. The third-order valence-electron chi connectivity index (χ3n) is 4.23. The Kier molecular flexibility index (Phi) is 8.86. The summed E-state index contributed by atoms with van der Waals surface area (Å²) >= 11 is 29.7. The maximum atomic E-state index is 12.6. The van der Waals surface area contributed by atoms with Crippen molar-refractivity contribution in [3.8, 4) is 0 Å². The predicted octanol–water partition coefficient (Wildman–Crippen LogP) is 5.88. The SMILES string of the molecule is CCc1cccc(CC)c1NC(=S)NC(NC(=O)c1ccccc1Cl)C(Cl)(Cl)Cl. The fourth-order valence-corrected chi connectivity index (χ4v) is 3.51. The van der Waals surface area contributed by atoms with Crippen LogP contribution in [0.25, 0.3) is 0 Å². The van der Waals surface area contributed by atoms with Crippen LogP contribution >= 0.6 is 58.6 Å². The molecule has 29 heavy (non-hydrogen) atoms. The van der Waals surface area contributed by atoms with Crippen LogP contribution in [-0.2, 0) is 12.8 Å². The Bertz CT molecular complexity index is 864. The minimum Gasteiger partial charge on any atom is -0.339 e. The molecule has 2 aromatic rings. The first-order valence-corrected chi connectivity index (χ1v) is 10.9. The van der Waals surface area contributed by atoms with Gasteiger partial charge in [-0.05, 0) is 48.3 Å². The number of aryl methyl sites for hydroxylation is 2. The summed E-state index contributed by atoms with van der Waals surface area (Å²) < 4.78 is -1.86. The number of para-hydroxylation sites is 1. The molecule has 1 atom stereocenters. The van der Waals surface area contributed by atoms with Crippen LogP contribution in [0.4, 0.5) is 5.69 Å². The van der Waals surface area contributed by atoms with Gasteiger partial charge in [-0.15, -0.1) is 0 Å². The van der Waals surface area contributed by atoms with Crippen LogP contribution in [0.15, 0.2) is 42.5 Å². The maximum absolute atomic E-state index is 12.6. The van der Waals surface area contributed by atoms with Gasteiger partial charge in [0.05, 0.1) is 10.6 Å². The van der Waals surface area contributed by atoms with Crippen LogP contribution in [-0.4, -0.2) is 21.0 Å². The molecular formula is C20H21Cl4N3OS. The molecule has 1 unspecified atom stereocenters. The third kappa shape index (κ3) is 6.63. The fraction of sp³-hybridized carbons (Fsp3) is 0.300. The van der Waals surface area contributed by atoms with Crippen LogP contribution in [0.2, 0.25) is 5.02 Å². The Hall–Kier alpha value is -1.24. The van der Waals surface area contributed by atoms with E-state index in [1.165, 1.54) is 0 Å². The van der Waals surface area contributed by atoms with Crippen LogP contribution in [0.3, 0.4) is 0 Å². The van der Waals surface area contributed by atoms with Gasteiger partial charge in [-0.1, -0.05) is 90.6 Å². The third-order valence-corrected chi connectivity index (χ3v) is 5.44. The van der Waals surface area contributed by atoms with Crippen LogP contribution in [0.1, 0.15) is 35.3 Å². The molecule has 3 N–H and O–H groups in total. The number of hydrogen-bond acceptors (Lipinski definition) is 2. The lowest BCUT2D eigenvalue weighted by atomic mass is 10.0. The molecule has 156 valence electrons. The molecule has 0 aliphatic rings. The van der Waals surface area contributed by atoms with Gasteiger partial charge in [-0.2, -0.15) is 0 Å². The number of hydrogen-bond donors (Lipinski definition) is 3. The van der Waals surface area contributed by atoms with Crippen molar-refractivity contribution in [2.45, 2.75) is 36.6 Å². The van der Waals surface area contributed by atoms with E-state index in [0.717, 1.165) is 29.7 Å². The quantitative estimate of drug-likeness (QED) is 0.268. The Balaban J connectivity index is 2.18. The monoisotopic (exact) mass is 491 g/mol. The summed E-state index contributed by atoms with van der Waals surface area (Å²) in [6.45, 7) is 4.12. The molecule has 0 bridgehead atoms. The highest BCUT2D eigenvalue weighted by atomic mass is 35.6. The van der Waals surface area contributed by atoms with Gasteiger partial charge in [0, 0.05) is 5.69 Å². The molecule has 0 fully saturated rings. The van der Waals surface area contributed by atoms with Crippen molar-refractivity contribution in [1.29, 1.82) is 0 Å². The molecule has 0 spiro atoms. The number of amides is 1. The number of thiocarbonyl (C=S) groups is 1. The lowest BCUT2D eigenvalue weighted by Crippen LogP contribution is -2.56. The zero-order valence-electron chi connectivity index (χ0n) is 15.9. The lowest BCUT2D eigenvalue weighted by Gasteiger charge is -2.28. The van der Waals surface area contributed by atoms with Gasteiger partial charge in [0.25, 0.3) is 5.91 Å². The molecule has 0 aliphatic heterocycles. The first-order chi connectivity index (χ1) is 13.7. The number of carbonyl (C=O) groups excluding carboxylic acids is 1. The second-order valence-electron chi connectivity index (χ2n) is 6.18. The summed E-state index contributed by atoms with van der Waals surface area (Å²) in [5.74, 6) is -0.495. The largest absolute Gasteiger partial charge is 0.339 e. The summed E-state index contributed by atoms with van der Waals surface area (Å²) in [6, 6.07) is 12.7. The van der Waals surface area contributed by atoms with Crippen molar-refractivity contribution in [2.75, 3.05) is 5.32 Å². The normalized spacial score (nSPS) is 12.2. The van der Waals surface area contributed by atoms with E-state index in [1.807, 2.05) is 18.2 Å². The average Bonchev–Trinajstić information content (AvgIpc) is 2.67. The molecule has 2 rings (SSSR count). The number of rotatable bonds is 6. The van der Waals surface area contributed by atoms with Gasteiger partial charge >= 0.3 is 0 Å². The number of alkyl halides is 3. The van der Waals surface area contributed by atoms with E-state index in [4.69, 9.17) is 58.6 Å².